The van der Waals surface area contributed by atoms with Gasteiger partial charge in [0.1, 0.15) is 6.61 Å². The van der Waals surface area contributed by atoms with Gasteiger partial charge in [0.25, 0.3) is 0 Å². The number of ether oxygens (including phenoxy) is 2. The van der Waals surface area contributed by atoms with E-state index >= 15 is 0 Å². The molecule has 0 unspecified atom stereocenters. The van der Waals surface area contributed by atoms with Crippen LogP contribution in [0.3, 0.4) is 0 Å². The molecule has 0 saturated carbocycles. The van der Waals surface area contributed by atoms with Gasteiger partial charge >= 0.3 is 0 Å². The first-order chi connectivity index (χ1) is 14.9. The average Bonchev–Trinajstić information content (AvgIpc) is 2.75. The van der Waals surface area contributed by atoms with Crippen LogP contribution in [0.4, 0.5) is 0 Å². The highest BCUT2D eigenvalue weighted by molar-refractivity contribution is 14.1. The number of nitriles is 1. The van der Waals surface area contributed by atoms with Crippen molar-refractivity contribution in [3.05, 3.63) is 89.9 Å². The number of halogens is 4. The zero-order valence-corrected chi connectivity index (χ0v) is 20.9. The third-order valence-corrected chi connectivity index (χ3v) is 6.23. The maximum absolute atomic E-state index is 9.67. The van der Waals surface area contributed by atoms with Crippen LogP contribution in [0, 0.1) is 14.9 Å². The number of hydrogen-bond donors (Lipinski definition) is 0. The minimum Gasteiger partial charge on any atom is -0.490 e. The third kappa shape index (κ3) is 6.08. The van der Waals surface area contributed by atoms with E-state index in [4.69, 9.17) is 44.3 Å². The summed E-state index contributed by atoms with van der Waals surface area (Å²) in [4.78, 5) is 0. The van der Waals surface area contributed by atoms with E-state index in [1.54, 1.807) is 24.3 Å². The van der Waals surface area contributed by atoms with Crippen molar-refractivity contribution in [1.29, 1.82) is 5.26 Å². The summed E-state index contributed by atoms with van der Waals surface area (Å²) in [6.45, 7) is 2.70. The molecular formula is C24H17Cl3INO2. The van der Waals surface area contributed by atoms with Crippen LogP contribution in [0.25, 0.3) is 11.6 Å². The summed E-state index contributed by atoms with van der Waals surface area (Å²) >= 11 is 20.5. The van der Waals surface area contributed by atoms with Gasteiger partial charge in [-0.25, -0.2) is 0 Å². The van der Waals surface area contributed by atoms with Gasteiger partial charge < -0.3 is 9.47 Å². The molecule has 0 heterocycles. The molecule has 0 spiro atoms. The van der Waals surface area contributed by atoms with Crippen molar-refractivity contribution in [2.24, 2.45) is 0 Å². The van der Waals surface area contributed by atoms with E-state index in [0.29, 0.717) is 50.9 Å². The Labute approximate surface area is 210 Å². The SMILES string of the molecule is CCOc1cc(/C=C(/C#N)c2ccc(Cl)c(Cl)c2)cc(I)c1OCc1ccccc1Cl. The maximum atomic E-state index is 9.67. The third-order valence-electron chi connectivity index (χ3n) is 4.32. The van der Waals surface area contributed by atoms with Crippen molar-refractivity contribution < 1.29 is 9.47 Å². The summed E-state index contributed by atoms with van der Waals surface area (Å²) in [5, 5.41) is 11.2. The molecule has 0 bridgehead atoms. The molecule has 3 aromatic rings. The molecule has 0 aliphatic rings. The van der Waals surface area contributed by atoms with Crippen LogP contribution in [0.2, 0.25) is 15.1 Å². The van der Waals surface area contributed by atoms with Crippen LogP contribution in [0.1, 0.15) is 23.6 Å². The van der Waals surface area contributed by atoms with E-state index < -0.39 is 0 Å². The van der Waals surface area contributed by atoms with Crippen molar-refractivity contribution in [3.8, 4) is 17.6 Å². The van der Waals surface area contributed by atoms with Gasteiger partial charge in [-0.05, 0) is 77.0 Å². The molecule has 3 nitrogen and oxygen atoms in total. The largest absolute Gasteiger partial charge is 0.490 e. The predicted octanol–water partition coefficient (Wildman–Crippen LogP) is 8.29. The van der Waals surface area contributed by atoms with Crippen molar-refractivity contribution >= 4 is 69.0 Å². The second kappa shape index (κ2) is 11.1. The number of hydrogen-bond acceptors (Lipinski definition) is 3. The summed E-state index contributed by atoms with van der Waals surface area (Å²) < 4.78 is 12.7. The standard InChI is InChI=1S/C24H17Cl3INO2/c1-2-30-23-11-15(9-18(13-29)16-7-8-20(26)21(27)12-16)10-22(28)24(23)31-14-17-5-3-4-6-19(17)25/h3-12H,2,14H2,1H3/b18-9-. The fraction of sp³-hybridized carbons (Fsp3) is 0.125. The summed E-state index contributed by atoms with van der Waals surface area (Å²) in [6.07, 6.45) is 1.78. The van der Waals surface area contributed by atoms with Gasteiger partial charge in [0.15, 0.2) is 11.5 Å². The van der Waals surface area contributed by atoms with Gasteiger partial charge in [-0.1, -0.05) is 59.1 Å². The lowest BCUT2D eigenvalue weighted by Crippen LogP contribution is -2.02. The van der Waals surface area contributed by atoms with Gasteiger partial charge in [-0.2, -0.15) is 5.26 Å². The van der Waals surface area contributed by atoms with Crippen molar-refractivity contribution in [3.63, 3.8) is 0 Å². The van der Waals surface area contributed by atoms with E-state index in [2.05, 4.69) is 28.7 Å². The van der Waals surface area contributed by atoms with Gasteiger partial charge in [0.2, 0.25) is 0 Å². The Bertz CT molecular complexity index is 1170. The molecule has 3 aromatic carbocycles. The molecule has 0 aromatic heterocycles. The zero-order valence-electron chi connectivity index (χ0n) is 16.5. The molecule has 0 atom stereocenters. The highest BCUT2D eigenvalue weighted by atomic mass is 127. The normalized spacial score (nSPS) is 11.2. The fourth-order valence-corrected chi connectivity index (χ4v) is 4.12. The smallest absolute Gasteiger partial charge is 0.175 e. The van der Waals surface area contributed by atoms with Gasteiger partial charge in [-0.3, -0.25) is 0 Å². The highest BCUT2D eigenvalue weighted by Gasteiger charge is 2.14. The molecule has 31 heavy (non-hydrogen) atoms. The maximum Gasteiger partial charge on any atom is 0.175 e. The molecule has 0 aliphatic heterocycles. The summed E-state index contributed by atoms with van der Waals surface area (Å²) in [6, 6.07) is 18.7. The lowest BCUT2D eigenvalue weighted by molar-refractivity contribution is 0.267. The molecular weight excluding hydrogens is 568 g/mol. The minimum absolute atomic E-state index is 0.317. The highest BCUT2D eigenvalue weighted by Crippen LogP contribution is 2.36. The number of rotatable bonds is 7. The Morgan fingerprint density at radius 2 is 1.77 bits per heavy atom. The first-order valence-corrected chi connectivity index (χ1v) is 11.5. The number of benzene rings is 3. The van der Waals surface area contributed by atoms with Crippen LogP contribution in [0.15, 0.2) is 54.6 Å². The Morgan fingerprint density at radius 1 is 1.00 bits per heavy atom. The van der Waals surface area contributed by atoms with Gasteiger partial charge in [0.05, 0.1) is 31.9 Å². The van der Waals surface area contributed by atoms with Crippen LogP contribution >= 0.6 is 57.4 Å². The quantitative estimate of drug-likeness (QED) is 0.159. The zero-order chi connectivity index (χ0) is 22.4. The predicted molar refractivity (Wildman–Crippen MR) is 136 cm³/mol. The topological polar surface area (TPSA) is 42.2 Å². The summed E-state index contributed by atoms with van der Waals surface area (Å²) in [7, 11) is 0. The second-order valence-electron chi connectivity index (χ2n) is 6.44. The fourth-order valence-electron chi connectivity index (χ4n) is 2.85. The van der Waals surface area contributed by atoms with Crippen molar-refractivity contribution in [1.82, 2.24) is 0 Å². The summed E-state index contributed by atoms with van der Waals surface area (Å²) in [5.74, 6) is 1.23. The van der Waals surface area contributed by atoms with Crippen LogP contribution in [0.5, 0.6) is 11.5 Å². The van der Waals surface area contributed by atoms with Crippen LogP contribution < -0.4 is 9.47 Å². The Hall–Kier alpha value is -1.91. The van der Waals surface area contributed by atoms with Crippen LogP contribution in [-0.2, 0) is 6.61 Å². The molecule has 0 aliphatic carbocycles. The Kier molecular flexibility index (Phi) is 8.50. The van der Waals surface area contributed by atoms with E-state index in [1.165, 1.54) is 0 Å². The molecule has 0 amide bonds. The first-order valence-electron chi connectivity index (χ1n) is 9.32. The monoisotopic (exact) mass is 583 g/mol. The average molecular weight is 585 g/mol. The minimum atomic E-state index is 0.317. The molecule has 3 rings (SSSR count). The lowest BCUT2D eigenvalue weighted by Gasteiger charge is -2.15. The molecule has 7 heteroatoms. The van der Waals surface area contributed by atoms with Crippen molar-refractivity contribution in [2.45, 2.75) is 13.5 Å². The van der Waals surface area contributed by atoms with E-state index in [1.807, 2.05) is 43.3 Å². The van der Waals surface area contributed by atoms with Crippen molar-refractivity contribution in [2.75, 3.05) is 6.61 Å². The van der Waals surface area contributed by atoms with Gasteiger partial charge in [-0.15, -0.1) is 0 Å². The van der Waals surface area contributed by atoms with E-state index in [9.17, 15) is 5.26 Å². The molecule has 0 N–H and O–H groups in total. The van der Waals surface area contributed by atoms with E-state index in [-0.39, 0.29) is 0 Å². The molecule has 0 saturated heterocycles. The number of nitrogens with zero attached hydrogens (tertiary/aromatic N) is 1. The molecule has 0 fully saturated rings. The lowest BCUT2D eigenvalue weighted by atomic mass is 10.0. The first kappa shape index (κ1) is 23.7. The van der Waals surface area contributed by atoms with E-state index in [0.717, 1.165) is 14.7 Å². The molecule has 0 radical (unpaired) electrons. The Balaban J connectivity index is 1.95. The van der Waals surface area contributed by atoms with Crippen LogP contribution in [-0.4, -0.2) is 6.61 Å². The second-order valence-corrected chi connectivity index (χ2v) is 8.83. The van der Waals surface area contributed by atoms with Gasteiger partial charge in [0, 0.05) is 10.6 Å². The molecule has 158 valence electrons. The Morgan fingerprint density at radius 3 is 2.45 bits per heavy atom. The number of allylic oxidation sites excluding steroid dienone is 1. The summed E-state index contributed by atoms with van der Waals surface area (Å²) in [5.41, 5.74) is 2.84.